The second-order valence-electron chi connectivity index (χ2n) is 4.71. The summed E-state index contributed by atoms with van der Waals surface area (Å²) in [5.74, 6) is -0.751. The molecule has 0 aliphatic carbocycles. The highest BCUT2D eigenvalue weighted by atomic mass is 16.4. The van der Waals surface area contributed by atoms with Gasteiger partial charge in [-0.1, -0.05) is 13.0 Å². The lowest BCUT2D eigenvalue weighted by Crippen LogP contribution is -2.05. The van der Waals surface area contributed by atoms with E-state index < -0.39 is 5.97 Å². The first kappa shape index (κ1) is 12.7. The van der Waals surface area contributed by atoms with Gasteiger partial charge in [-0.25, -0.2) is 0 Å². The first-order valence-electron chi connectivity index (χ1n) is 6.34. The van der Waals surface area contributed by atoms with Crippen LogP contribution >= 0.6 is 0 Å². The molecular formula is C15H19NO2. The van der Waals surface area contributed by atoms with Crippen molar-refractivity contribution in [2.24, 2.45) is 0 Å². The lowest BCUT2D eigenvalue weighted by Gasteiger charge is -2.06. The van der Waals surface area contributed by atoms with Gasteiger partial charge in [-0.15, -0.1) is 0 Å². The molecule has 0 atom stereocenters. The highest BCUT2D eigenvalue weighted by molar-refractivity contribution is 5.86. The maximum absolute atomic E-state index is 10.7. The number of aliphatic carboxylic acids is 1. The number of carbonyl (C=O) groups is 1. The summed E-state index contributed by atoms with van der Waals surface area (Å²) in [7, 11) is 0. The molecule has 0 saturated heterocycles. The molecule has 3 heteroatoms. The Bertz CT molecular complexity index is 596. The number of aromatic nitrogens is 1. The van der Waals surface area contributed by atoms with Gasteiger partial charge in [0.25, 0.3) is 0 Å². The highest BCUT2D eigenvalue weighted by Crippen LogP contribution is 2.26. The third-order valence-corrected chi connectivity index (χ3v) is 3.66. The first-order valence-corrected chi connectivity index (χ1v) is 6.34. The minimum Gasteiger partial charge on any atom is -0.481 e. The first-order chi connectivity index (χ1) is 8.54. The maximum atomic E-state index is 10.7. The van der Waals surface area contributed by atoms with Gasteiger partial charge in [0, 0.05) is 23.1 Å². The van der Waals surface area contributed by atoms with Gasteiger partial charge in [-0.3, -0.25) is 4.79 Å². The second-order valence-corrected chi connectivity index (χ2v) is 4.71. The number of hydrogen-bond donors (Lipinski definition) is 1. The molecule has 0 aliphatic rings. The monoisotopic (exact) mass is 245 g/mol. The molecule has 96 valence electrons. The molecule has 0 fully saturated rings. The Balaban J connectivity index is 2.52. The molecule has 0 aliphatic heterocycles. The van der Waals surface area contributed by atoms with Crippen LogP contribution in [0.25, 0.3) is 10.9 Å². The van der Waals surface area contributed by atoms with Crippen molar-refractivity contribution < 1.29 is 9.90 Å². The van der Waals surface area contributed by atoms with Gasteiger partial charge in [-0.2, -0.15) is 0 Å². The standard InChI is InChI=1S/C15H19NO2/c1-4-12-5-6-14-13(9-12)10(2)11(3)16(14)8-7-15(17)18/h5-6,9H,4,7-8H2,1-3H3,(H,17,18). The number of carboxylic acids is 1. The van der Waals surface area contributed by atoms with Crippen LogP contribution in [0.2, 0.25) is 0 Å². The molecule has 18 heavy (non-hydrogen) atoms. The van der Waals surface area contributed by atoms with E-state index in [1.807, 2.05) is 0 Å². The van der Waals surface area contributed by atoms with E-state index in [2.05, 4.69) is 43.5 Å². The van der Waals surface area contributed by atoms with Crippen LogP contribution < -0.4 is 0 Å². The van der Waals surface area contributed by atoms with Crippen LogP contribution in [-0.4, -0.2) is 15.6 Å². The highest BCUT2D eigenvalue weighted by Gasteiger charge is 2.11. The maximum Gasteiger partial charge on any atom is 0.305 e. The molecule has 0 amide bonds. The second kappa shape index (κ2) is 4.84. The smallest absolute Gasteiger partial charge is 0.305 e. The molecule has 3 nitrogen and oxygen atoms in total. The Morgan fingerprint density at radius 2 is 2.06 bits per heavy atom. The average Bonchev–Trinajstić information content (AvgIpc) is 2.59. The zero-order chi connectivity index (χ0) is 13.3. The fourth-order valence-electron chi connectivity index (χ4n) is 2.41. The minimum absolute atomic E-state index is 0.166. The van der Waals surface area contributed by atoms with Crippen LogP contribution in [-0.2, 0) is 17.8 Å². The number of benzene rings is 1. The Labute approximate surface area is 107 Å². The number of hydrogen-bond acceptors (Lipinski definition) is 1. The third kappa shape index (κ3) is 2.13. The van der Waals surface area contributed by atoms with E-state index in [1.54, 1.807) is 0 Å². The molecule has 1 heterocycles. The van der Waals surface area contributed by atoms with Gasteiger partial charge >= 0.3 is 5.97 Å². The lowest BCUT2D eigenvalue weighted by atomic mass is 10.1. The zero-order valence-corrected chi connectivity index (χ0v) is 11.2. The molecular weight excluding hydrogens is 226 g/mol. The summed E-state index contributed by atoms with van der Waals surface area (Å²) < 4.78 is 2.11. The Kier molecular flexibility index (Phi) is 3.41. The number of aryl methyl sites for hydroxylation is 3. The summed E-state index contributed by atoms with van der Waals surface area (Å²) in [6.45, 7) is 6.85. The summed E-state index contributed by atoms with van der Waals surface area (Å²) in [5, 5.41) is 10.1. The summed E-state index contributed by atoms with van der Waals surface area (Å²) in [6.07, 6.45) is 1.19. The van der Waals surface area contributed by atoms with Crippen molar-refractivity contribution >= 4 is 16.9 Å². The molecule has 0 radical (unpaired) electrons. The largest absolute Gasteiger partial charge is 0.481 e. The fraction of sp³-hybridized carbons (Fsp3) is 0.400. The average molecular weight is 245 g/mol. The third-order valence-electron chi connectivity index (χ3n) is 3.66. The van der Waals surface area contributed by atoms with Crippen molar-refractivity contribution in [1.82, 2.24) is 4.57 Å². The molecule has 2 aromatic rings. The summed E-state index contributed by atoms with van der Waals surface area (Å²) in [6, 6.07) is 6.45. The van der Waals surface area contributed by atoms with Gasteiger partial charge in [0.1, 0.15) is 0 Å². The summed E-state index contributed by atoms with van der Waals surface area (Å²) >= 11 is 0. The van der Waals surface area contributed by atoms with Gasteiger partial charge < -0.3 is 9.67 Å². The van der Waals surface area contributed by atoms with Gasteiger partial charge in [-0.05, 0) is 43.5 Å². The number of fused-ring (bicyclic) bond motifs is 1. The van der Waals surface area contributed by atoms with Crippen molar-refractivity contribution in [1.29, 1.82) is 0 Å². The van der Waals surface area contributed by atoms with Gasteiger partial charge in [0.15, 0.2) is 0 Å². The van der Waals surface area contributed by atoms with E-state index in [0.29, 0.717) is 6.54 Å². The molecule has 1 aromatic heterocycles. The molecule has 0 bridgehead atoms. The van der Waals surface area contributed by atoms with E-state index in [-0.39, 0.29) is 6.42 Å². The van der Waals surface area contributed by atoms with E-state index in [0.717, 1.165) is 11.9 Å². The normalized spacial score (nSPS) is 11.1. The van der Waals surface area contributed by atoms with Crippen LogP contribution in [0.1, 0.15) is 30.2 Å². The van der Waals surface area contributed by atoms with Gasteiger partial charge in [0.05, 0.1) is 6.42 Å². The molecule has 1 N–H and O–H groups in total. The predicted molar refractivity (Wildman–Crippen MR) is 73.0 cm³/mol. The molecule has 2 rings (SSSR count). The van der Waals surface area contributed by atoms with Crippen LogP contribution in [0.5, 0.6) is 0 Å². The summed E-state index contributed by atoms with van der Waals surface area (Å²) in [5.41, 5.74) is 4.88. The number of rotatable bonds is 4. The predicted octanol–water partition coefficient (Wildman–Crippen LogP) is 3.30. The van der Waals surface area contributed by atoms with Crippen LogP contribution in [0.4, 0.5) is 0 Å². The number of nitrogens with zero attached hydrogens (tertiary/aromatic N) is 1. The SMILES string of the molecule is CCc1ccc2c(c1)c(C)c(C)n2CCC(=O)O. The van der Waals surface area contributed by atoms with E-state index in [9.17, 15) is 4.79 Å². The summed E-state index contributed by atoms with van der Waals surface area (Å²) in [4.78, 5) is 10.7. The van der Waals surface area contributed by atoms with Crippen molar-refractivity contribution in [2.75, 3.05) is 0 Å². The Morgan fingerprint density at radius 1 is 1.33 bits per heavy atom. The van der Waals surface area contributed by atoms with Crippen LogP contribution in [0, 0.1) is 13.8 Å². The van der Waals surface area contributed by atoms with E-state index in [4.69, 9.17) is 5.11 Å². The Hall–Kier alpha value is -1.77. The molecule has 0 spiro atoms. The minimum atomic E-state index is -0.751. The van der Waals surface area contributed by atoms with Crippen LogP contribution in [0.3, 0.4) is 0 Å². The van der Waals surface area contributed by atoms with E-state index in [1.165, 1.54) is 22.2 Å². The lowest BCUT2D eigenvalue weighted by molar-refractivity contribution is -0.137. The van der Waals surface area contributed by atoms with Crippen LogP contribution in [0.15, 0.2) is 18.2 Å². The molecule has 0 unspecified atom stereocenters. The van der Waals surface area contributed by atoms with Crippen molar-refractivity contribution in [3.8, 4) is 0 Å². The molecule has 1 aromatic carbocycles. The topological polar surface area (TPSA) is 42.2 Å². The van der Waals surface area contributed by atoms with Crippen molar-refractivity contribution in [2.45, 2.75) is 40.2 Å². The fourth-order valence-corrected chi connectivity index (χ4v) is 2.41. The quantitative estimate of drug-likeness (QED) is 0.898. The van der Waals surface area contributed by atoms with Gasteiger partial charge in [0.2, 0.25) is 0 Å². The van der Waals surface area contributed by atoms with E-state index >= 15 is 0 Å². The Morgan fingerprint density at radius 3 is 2.67 bits per heavy atom. The zero-order valence-electron chi connectivity index (χ0n) is 11.2. The van der Waals surface area contributed by atoms with Crippen molar-refractivity contribution in [3.63, 3.8) is 0 Å². The number of carboxylic acid groups (broad SMARTS) is 1. The van der Waals surface area contributed by atoms with Crippen molar-refractivity contribution in [3.05, 3.63) is 35.0 Å². The molecule has 0 saturated carbocycles.